The molecule has 0 heterocycles. The van der Waals surface area contributed by atoms with E-state index in [1.165, 1.54) is 0 Å². The first-order valence-corrected chi connectivity index (χ1v) is 6.26. The summed E-state index contributed by atoms with van der Waals surface area (Å²) in [6, 6.07) is 7.54. The fourth-order valence-corrected chi connectivity index (χ4v) is 2.08. The van der Waals surface area contributed by atoms with Crippen molar-refractivity contribution in [1.29, 1.82) is 0 Å². The quantitative estimate of drug-likeness (QED) is 0.893. The molecule has 0 saturated heterocycles. The van der Waals surface area contributed by atoms with Gasteiger partial charge in [0.25, 0.3) is 0 Å². The second-order valence-corrected chi connectivity index (χ2v) is 5.05. The van der Waals surface area contributed by atoms with E-state index in [1.807, 2.05) is 29.2 Å². The van der Waals surface area contributed by atoms with Gasteiger partial charge in [0.1, 0.15) is 0 Å². The largest absolute Gasteiger partial charge is 0.334 e. The van der Waals surface area contributed by atoms with Crippen molar-refractivity contribution < 1.29 is 4.79 Å². The number of halogens is 1. The molecule has 0 bridgehead atoms. The summed E-state index contributed by atoms with van der Waals surface area (Å²) in [6.45, 7) is 2.33. The summed E-state index contributed by atoms with van der Waals surface area (Å²) in [5.41, 5.74) is 6.72. The molecule has 0 aliphatic heterocycles. The highest BCUT2D eigenvalue weighted by Gasteiger charge is 2.33. The van der Waals surface area contributed by atoms with Crippen LogP contribution in [0.1, 0.15) is 25.3 Å². The second kappa shape index (κ2) is 5.07. The summed E-state index contributed by atoms with van der Waals surface area (Å²) in [6.07, 6.45) is 2.16. The first kappa shape index (κ1) is 12.4. The first-order valence-electron chi connectivity index (χ1n) is 5.88. The predicted molar refractivity (Wildman–Crippen MR) is 68.7 cm³/mol. The van der Waals surface area contributed by atoms with Gasteiger partial charge in [0.2, 0.25) is 5.91 Å². The zero-order chi connectivity index (χ0) is 12.4. The van der Waals surface area contributed by atoms with E-state index >= 15 is 0 Å². The molecule has 1 aromatic rings. The summed E-state index contributed by atoms with van der Waals surface area (Å²) >= 11 is 5.94. The Morgan fingerprint density at radius 3 is 2.82 bits per heavy atom. The van der Waals surface area contributed by atoms with E-state index in [2.05, 4.69) is 0 Å². The molecular weight excluding hydrogens is 236 g/mol. The maximum Gasteiger partial charge on any atom is 0.239 e. The van der Waals surface area contributed by atoms with E-state index in [-0.39, 0.29) is 5.91 Å². The number of benzene rings is 1. The third-order valence-electron chi connectivity index (χ3n) is 2.90. The van der Waals surface area contributed by atoms with Gasteiger partial charge in [-0.2, -0.15) is 0 Å². The number of carbonyl (C=O) groups is 1. The lowest BCUT2D eigenvalue weighted by molar-refractivity contribution is -0.133. The molecule has 1 aromatic carbocycles. The SMILES string of the molecule is C[C@H](N)C(=O)N(Cc1cccc(Cl)c1)C1CC1. The van der Waals surface area contributed by atoms with Crippen LogP contribution in [0.2, 0.25) is 5.02 Å². The van der Waals surface area contributed by atoms with Crippen LogP contribution in [0, 0.1) is 0 Å². The van der Waals surface area contributed by atoms with Crippen molar-refractivity contribution in [1.82, 2.24) is 4.90 Å². The average Bonchev–Trinajstić information content (AvgIpc) is 3.09. The van der Waals surface area contributed by atoms with Crippen molar-refractivity contribution in [3.63, 3.8) is 0 Å². The number of rotatable bonds is 4. The number of amides is 1. The number of carbonyl (C=O) groups excluding carboxylic acids is 1. The van der Waals surface area contributed by atoms with Gasteiger partial charge in [0.15, 0.2) is 0 Å². The summed E-state index contributed by atoms with van der Waals surface area (Å²) in [5, 5.41) is 0.700. The van der Waals surface area contributed by atoms with Crippen LogP contribution in [0.4, 0.5) is 0 Å². The number of nitrogens with zero attached hydrogens (tertiary/aromatic N) is 1. The Morgan fingerprint density at radius 2 is 2.29 bits per heavy atom. The van der Waals surface area contributed by atoms with Crippen LogP contribution in [0.3, 0.4) is 0 Å². The summed E-state index contributed by atoms with van der Waals surface area (Å²) < 4.78 is 0. The zero-order valence-corrected chi connectivity index (χ0v) is 10.7. The number of hydrogen-bond acceptors (Lipinski definition) is 2. The molecule has 0 aromatic heterocycles. The Morgan fingerprint density at radius 1 is 1.59 bits per heavy atom. The van der Waals surface area contributed by atoms with Gasteiger partial charge in [-0.05, 0) is 37.5 Å². The number of nitrogens with two attached hydrogens (primary N) is 1. The highest BCUT2D eigenvalue weighted by molar-refractivity contribution is 6.30. The van der Waals surface area contributed by atoms with E-state index in [4.69, 9.17) is 17.3 Å². The molecular formula is C13H17ClN2O. The molecule has 3 nitrogen and oxygen atoms in total. The lowest BCUT2D eigenvalue weighted by Crippen LogP contribution is -2.42. The van der Waals surface area contributed by atoms with Gasteiger partial charge in [-0.1, -0.05) is 23.7 Å². The molecule has 92 valence electrons. The Labute approximate surface area is 107 Å². The van der Waals surface area contributed by atoms with E-state index in [0.29, 0.717) is 17.6 Å². The molecule has 0 unspecified atom stereocenters. The topological polar surface area (TPSA) is 46.3 Å². The highest BCUT2D eigenvalue weighted by atomic mass is 35.5. The predicted octanol–water partition coefficient (Wildman–Crippen LogP) is 2.18. The highest BCUT2D eigenvalue weighted by Crippen LogP contribution is 2.29. The molecule has 1 atom stereocenters. The normalized spacial score (nSPS) is 16.6. The first-order chi connectivity index (χ1) is 8.08. The zero-order valence-electron chi connectivity index (χ0n) is 9.90. The van der Waals surface area contributed by atoms with Crippen LogP contribution in [0.5, 0.6) is 0 Å². The molecule has 1 saturated carbocycles. The Balaban J connectivity index is 2.10. The summed E-state index contributed by atoms with van der Waals surface area (Å²) in [4.78, 5) is 13.9. The molecule has 2 rings (SSSR count). The van der Waals surface area contributed by atoms with Crippen LogP contribution < -0.4 is 5.73 Å². The lowest BCUT2D eigenvalue weighted by atomic mass is 10.2. The molecule has 1 aliphatic carbocycles. The molecule has 17 heavy (non-hydrogen) atoms. The average molecular weight is 253 g/mol. The molecule has 0 radical (unpaired) electrons. The third-order valence-corrected chi connectivity index (χ3v) is 3.14. The second-order valence-electron chi connectivity index (χ2n) is 4.62. The minimum absolute atomic E-state index is 0.0208. The van der Waals surface area contributed by atoms with Crippen molar-refractivity contribution >= 4 is 17.5 Å². The summed E-state index contributed by atoms with van der Waals surface area (Å²) in [5.74, 6) is 0.0208. The maximum absolute atomic E-state index is 12.0. The van der Waals surface area contributed by atoms with Crippen molar-refractivity contribution in [2.75, 3.05) is 0 Å². The van der Waals surface area contributed by atoms with Gasteiger partial charge in [-0.25, -0.2) is 0 Å². The molecule has 2 N–H and O–H groups in total. The minimum atomic E-state index is -0.435. The van der Waals surface area contributed by atoms with Gasteiger partial charge in [0, 0.05) is 17.6 Å². The molecule has 1 fully saturated rings. The van der Waals surface area contributed by atoms with Gasteiger partial charge >= 0.3 is 0 Å². The molecule has 1 aliphatic rings. The monoisotopic (exact) mass is 252 g/mol. The van der Waals surface area contributed by atoms with Crippen LogP contribution in [-0.4, -0.2) is 22.9 Å². The third kappa shape index (κ3) is 3.20. The van der Waals surface area contributed by atoms with Crippen molar-refractivity contribution in [3.8, 4) is 0 Å². The molecule has 4 heteroatoms. The van der Waals surface area contributed by atoms with Crippen molar-refractivity contribution in [3.05, 3.63) is 34.9 Å². The van der Waals surface area contributed by atoms with Gasteiger partial charge < -0.3 is 10.6 Å². The fourth-order valence-electron chi connectivity index (χ4n) is 1.87. The molecule has 0 spiro atoms. The lowest BCUT2D eigenvalue weighted by Gasteiger charge is -2.24. The fraction of sp³-hybridized carbons (Fsp3) is 0.462. The Bertz CT molecular complexity index is 416. The van der Waals surface area contributed by atoms with Crippen LogP contribution in [-0.2, 0) is 11.3 Å². The standard InChI is InChI=1S/C13H17ClN2O/c1-9(15)13(17)16(12-5-6-12)8-10-3-2-4-11(14)7-10/h2-4,7,9,12H,5-6,8,15H2,1H3/t9-/m0/s1. The minimum Gasteiger partial charge on any atom is -0.334 e. The van der Waals surface area contributed by atoms with E-state index < -0.39 is 6.04 Å². The molecule has 1 amide bonds. The van der Waals surface area contributed by atoms with Gasteiger partial charge in [-0.3, -0.25) is 4.79 Å². The van der Waals surface area contributed by atoms with Crippen LogP contribution >= 0.6 is 11.6 Å². The number of hydrogen-bond donors (Lipinski definition) is 1. The van der Waals surface area contributed by atoms with E-state index in [0.717, 1.165) is 18.4 Å². The van der Waals surface area contributed by atoms with Gasteiger partial charge in [0.05, 0.1) is 6.04 Å². The summed E-state index contributed by atoms with van der Waals surface area (Å²) in [7, 11) is 0. The van der Waals surface area contributed by atoms with Crippen LogP contribution in [0.15, 0.2) is 24.3 Å². The Hall–Kier alpha value is -1.06. The van der Waals surface area contributed by atoms with Crippen molar-refractivity contribution in [2.24, 2.45) is 5.73 Å². The van der Waals surface area contributed by atoms with Crippen molar-refractivity contribution in [2.45, 2.75) is 38.4 Å². The van der Waals surface area contributed by atoms with Crippen LogP contribution in [0.25, 0.3) is 0 Å². The van der Waals surface area contributed by atoms with Gasteiger partial charge in [-0.15, -0.1) is 0 Å². The van der Waals surface area contributed by atoms with E-state index in [1.54, 1.807) is 6.92 Å². The van der Waals surface area contributed by atoms with E-state index in [9.17, 15) is 4.79 Å². The smallest absolute Gasteiger partial charge is 0.239 e. The maximum atomic E-state index is 12.0. The Kier molecular flexibility index (Phi) is 3.69.